The maximum absolute atomic E-state index is 13.7. The highest BCUT2D eigenvalue weighted by Crippen LogP contribution is 2.57. The van der Waals surface area contributed by atoms with Crippen molar-refractivity contribution >= 4 is 18.4 Å². The summed E-state index contributed by atoms with van der Waals surface area (Å²) in [6.45, 7) is 2.39. The van der Waals surface area contributed by atoms with Crippen LogP contribution in [0.25, 0.3) is 0 Å². The number of aliphatic hydroxyl groups is 1. The molecule has 2 aromatic rings. The largest absolute Gasteiger partial charge is 0.497 e. The molecule has 0 bridgehead atoms. The van der Waals surface area contributed by atoms with Gasteiger partial charge in [-0.1, -0.05) is 25.5 Å². The zero-order valence-corrected chi connectivity index (χ0v) is 16.8. The minimum Gasteiger partial charge on any atom is -0.497 e. The van der Waals surface area contributed by atoms with Gasteiger partial charge in [-0.25, -0.2) is 0 Å². The first-order valence-electron chi connectivity index (χ1n) is 8.76. The van der Waals surface area contributed by atoms with Crippen LogP contribution < -0.4 is 14.9 Å². The molecule has 0 aliphatic carbocycles. The Balaban J connectivity index is 2.37. The number of hydrogen-bond donors (Lipinski definition) is 1. The van der Waals surface area contributed by atoms with E-state index in [1.54, 1.807) is 43.5 Å². The molecule has 2 aromatic carbocycles. The summed E-state index contributed by atoms with van der Waals surface area (Å²) in [5.41, 5.74) is 1.54. The number of benzene rings is 2. The number of ether oxygens (including phenoxy) is 1. The average Bonchev–Trinajstić information content (AvgIpc) is 2.67. The van der Waals surface area contributed by atoms with Crippen LogP contribution >= 0.6 is 7.37 Å². The molecule has 1 N–H and O–H groups in total. The van der Waals surface area contributed by atoms with Gasteiger partial charge in [0.2, 0.25) is 0 Å². The van der Waals surface area contributed by atoms with Crippen LogP contribution in [0.1, 0.15) is 31.2 Å². The third kappa shape index (κ3) is 4.67. The highest BCUT2D eigenvalue weighted by Gasteiger charge is 2.36. The fraction of sp³-hybridized carbons (Fsp3) is 0.400. The Labute approximate surface area is 156 Å². The first-order valence-corrected chi connectivity index (χ1v) is 10.5. The second-order valence-corrected chi connectivity index (χ2v) is 8.80. The quantitative estimate of drug-likeness (QED) is 0.525. The first-order chi connectivity index (χ1) is 12.4. The van der Waals surface area contributed by atoms with Gasteiger partial charge in [0.1, 0.15) is 5.75 Å². The van der Waals surface area contributed by atoms with Crippen molar-refractivity contribution in [3.05, 3.63) is 54.1 Å². The highest BCUT2D eigenvalue weighted by atomic mass is 31.2. The molecule has 0 aliphatic heterocycles. The SMILES string of the molecule is CCCCO[P@@](=O)(c1ccc(N(C)C)cc1)[C@H](O)c1ccc(OC)cc1. The second kappa shape index (κ2) is 9.22. The Bertz CT molecular complexity index is 728. The molecule has 0 saturated carbocycles. The van der Waals surface area contributed by atoms with E-state index in [9.17, 15) is 9.67 Å². The number of methoxy groups -OCH3 is 1. The minimum atomic E-state index is -3.49. The summed E-state index contributed by atoms with van der Waals surface area (Å²) in [6.07, 6.45) is 1.72. The van der Waals surface area contributed by atoms with Crippen molar-refractivity contribution in [3.63, 3.8) is 0 Å². The van der Waals surface area contributed by atoms with E-state index < -0.39 is 13.2 Å². The minimum absolute atomic E-state index is 0.344. The van der Waals surface area contributed by atoms with Gasteiger partial charge < -0.3 is 19.3 Å². The van der Waals surface area contributed by atoms with Crippen LogP contribution in [-0.4, -0.2) is 32.9 Å². The highest BCUT2D eigenvalue weighted by molar-refractivity contribution is 7.67. The Morgan fingerprint density at radius 3 is 2.19 bits per heavy atom. The van der Waals surface area contributed by atoms with Crippen LogP contribution in [0.3, 0.4) is 0 Å². The zero-order chi connectivity index (χ0) is 19.2. The lowest BCUT2D eigenvalue weighted by atomic mass is 10.2. The number of hydrogen-bond acceptors (Lipinski definition) is 5. The average molecular weight is 377 g/mol. The van der Waals surface area contributed by atoms with E-state index in [-0.39, 0.29) is 0 Å². The molecule has 0 unspecified atom stereocenters. The number of anilines is 1. The molecule has 0 spiro atoms. The van der Waals surface area contributed by atoms with Crippen molar-refractivity contribution in [3.8, 4) is 5.75 Å². The predicted molar refractivity (Wildman–Crippen MR) is 107 cm³/mol. The molecule has 5 nitrogen and oxygen atoms in total. The first kappa shape index (κ1) is 20.5. The number of nitrogens with zero attached hydrogens (tertiary/aromatic N) is 1. The second-order valence-electron chi connectivity index (χ2n) is 6.34. The van der Waals surface area contributed by atoms with Gasteiger partial charge in [-0.05, 0) is 48.4 Å². The van der Waals surface area contributed by atoms with Crippen molar-refractivity contribution in [2.24, 2.45) is 0 Å². The Morgan fingerprint density at radius 1 is 1.08 bits per heavy atom. The molecule has 0 heterocycles. The lowest BCUT2D eigenvalue weighted by Crippen LogP contribution is -2.16. The molecule has 6 heteroatoms. The summed E-state index contributed by atoms with van der Waals surface area (Å²) < 4.78 is 24.6. The molecular weight excluding hydrogens is 349 g/mol. The molecule has 0 fully saturated rings. The number of rotatable bonds is 9. The van der Waals surface area contributed by atoms with Gasteiger partial charge in [-0.3, -0.25) is 4.57 Å². The molecule has 0 radical (unpaired) electrons. The molecule has 0 aliphatic rings. The van der Waals surface area contributed by atoms with Gasteiger partial charge in [0.25, 0.3) is 7.37 Å². The normalized spacial score (nSPS) is 14.5. The monoisotopic (exact) mass is 377 g/mol. The zero-order valence-electron chi connectivity index (χ0n) is 15.9. The summed E-state index contributed by atoms with van der Waals surface area (Å²) in [6, 6.07) is 14.2. The number of aliphatic hydroxyl groups excluding tert-OH is 1. The van der Waals surface area contributed by atoms with E-state index in [1.807, 2.05) is 38.1 Å². The van der Waals surface area contributed by atoms with Crippen LogP contribution in [0.5, 0.6) is 5.75 Å². The van der Waals surface area contributed by atoms with E-state index in [0.29, 0.717) is 23.2 Å². The fourth-order valence-corrected chi connectivity index (χ4v) is 4.66. The summed E-state index contributed by atoms with van der Waals surface area (Å²) >= 11 is 0. The summed E-state index contributed by atoms with van der Waals surface area (Å²) in [5.74, 6) is -0.548. The molecule has 0 aromatic heterocycles. The predicted octanol–water partition coefficient (Wildman–Crippen LogP) is 4.17. The summed E-state index contributed by atoms with van der Waals surface area (Å²) in [4.78, 5) is 1.96. The molecular formula is C20H28NO4P. The van der Waals surface area contributed by atoms with Crippen LogP contribution in [0.2, 0.25) is 0 Å². The van der Waals surface area contributed by atoms with Crippen molar-refractivity contribution < 1.29 is 18.9 Å². The summed E-state index contributed by atoms with van der Waals surface area (Å²) in [5, 5.41) is 11.4. The van der Waals surface area contributed by atoms with E-state index in [4.69, 9.17) is 9.26 Å². The maximum Gasteiger partial charge on any atom is 0.264 e. The Kier molecular flexibility index (Phi) is 7.27. The van der Waals surface area contributed by atoms with Gasteiger partial charge in [0.15, 0.2) is 5.85 Å². The van der Waals surface area contributed by atoms with Crippen molar-refractivity contribution in [1.82, 2.24) is 0 Å². The third-order valence-corrected chi connectivity index (χ3v) is 6.77. The van der Waals surface area contributed by atoms with Gasteiger partial charge in [0, 0.05) is 25.1 Å². The molecule has 0 amide bonds. The lowest BCUT2D eigenvalue weighted by Gasteiger charge is -2.25. The smallest absolute Gasteiger partial charge is 0.264 e. The van der Waals surface area contributed by atoms with Crippen LogP contribution in [0.15, 0.2) is 48.5 Å². The lowest BCUT2D eigenvalue weighted by molar-refractivity contribution is 0.212. The maximum atomic E-state index is 13.7. The van der Waals surface area contributed by atoms with Gasteiger partial charge in [0.05, 0.1) is 13.7 Å². The van der Waals surface area contributed by atoms with E-state index in [2.05, 4.69) is 0 Å². The fourth-order valence-electron chi connectivity index (χ4n) is 2.56. The van der Waals surface area contributed by atoms with Crippen molar-refractivity contribution in [2.45, 2.75) is 25.6 Å². The molecule has 2 rings (SSSR count). The third-order valence-electron chi connectivity index (χ3n) is 4.24. The van der Waals surface area contributed by atoms with Crippen LogP contribution in [0.4, 0.5) is 5.69 Å². The van der Waals surface area contributed by atoms with E-state index >= 15 is 0 Å². The topological polar surface area (TPSA) is 59.0 Å². The Hall–Kier alpha value is -1.81. The molecule has 0 saturated heterocycles. The Morgan fingerprint density at radius 2 is 1.69 bits per heavy atom. The van der Waals surface area contributed by atoms with Gasteiger partial charge in [-0.15, -0.1) is 0 Å². The van der Waals surface area contributed by atoms with Crippen LogP contribution in [0, 0.1) is 0 Å². The summed E-state index contributed by atoms with van der Waals surface area (Å²) in [7, 11) is 1.97. The van der Waals surface area contributed by atoms with E-state index in [0.717, 1.165) is 18.5 Å². The molecule has 26 heavy (non-hydrogen) atoms. The number of unbranched alkanes of at least 4 members (excludes halogenated alkanes) is 1. The molecule has 142 valence electrons. The van der Waals surface area contributed by atoms with Gasteiger partial charge in [-0.2, -0.15) is 0 Å². The van der Waals surface area contributed by atoms with E-state index in [1.165, 1.54) is 0 Å². The van der Waals surface area contributed by atoms with Crippen molar-refractivity contribution in [1.29, 1.82) is 0 Å². The van der Waals surface area contributed by atoms with Gasteiger partial charge >= 0.3 is 0 Å². The van der Waals surface area contributed by atoms with Crippen molar-refractivity contribution in [2.75, 3.05) is 32.7 Å². The van der Waals surface area contributed by atoms with Crippen LogP contribution in [-0.2, 0) is 9.09 Å². The standard InChI is InChI=1S/C20H28NO4P/c1-5-6-15-25-26(23,19-13-9-17(10-14-19)21(2)3)20(22)16-7-11-18(24-4)12-8-16/h7-14,20,22H,5-6,15H2,1-4H3/t20-,26-/m0/s1. The molecule has 2 atom stereocenters.